The number of anilines is 2. The first kappa shape index (κ1) is 13.0. The molecule has 1 rings (SSSR count). The maximum Gasteiger partial charge on any atom is 0.224 e. The molecule has 5 heteroatoms. The smallest absolute Gasteiger partial charge is 0.224 e. The lowest BCUT2D eigenvalue weighted by Gasteiger charge is -2.18. The van der Waals surface area contributed by atoms with Gasteiger partial charge in [-0.1, -0.05) is 20.3 Å². The molecule has 0 saturated carbocycles. The molecule has 1 aromatic rings. The van der Waals surface area contributed by atoms with E-state index in [0.717, 1.165) is 6.42 Å². The van der Waals surface area contributed by atoms with Crippen LogP contribution in [0.4, 0.5) is 11.5 Å². The molecule has 16 heavy (non-hydrogen) atoms. The zero-order chi connectivity index (χ0) is 12.1. The van der Waals surface area contributed by atoms with Crippen molar-refractivity contribution in [2.45, 2.75) is 39.7 Å². The van der Waals surface area contributed by atoms with Gasteiger partial charge in [-0.15, -0.1) is 0 Å². The Morgan fingerprint density at radius 3 is 2.81 bits per heavy atom. The van der Waals surface area contributed by atoms with Crippen LogP contribution in [0.2, 0.25) is 5.28 Å². The fraction of sp³-hybridized carbons (Fsp3) is 0.636. The van der Waals surface area contributed by atoms with Crippen LogP contribution < -0.4 is 11.1 Å². The van der Waals surface area contributed by atoms with Gasteiger partial charge in [0.1, 0.15) is 0 Å². The van der Waals surface area contributed by atoms with Gasteiger partial charge in [-0.3, -0.25) is 0 Å². The van der Waals surface area contributed by atoms with Gasteiger partial charge in [0.25, 0.3) is 0 Å². The van der Waals surface area contributed by atoms with Crippen LogP contribution >= 0.6 is 11.6 Å². The third kappa shape index (κ3) is 3.85. The minimum Gasteiger partial charge on any atom is -0.394 e. The number of hydrogen-bond acceptors (Lipinski definition) is 4. The van der Waals surface area contributed by atoms with E-state index in [-0.39, 0.29) is 5.28 Å². The van der Waals surface area contributed by atoms with Gasteiger partial charge < -0.3 is 11.1 Å². The van der Waals surface area contributed by atoms with E-state index in [4.69, 9.17) is 17.3 Å². The Kier molecular flexibility index (Phi) is 4.80. The highest BCUT2D eigenvalue weighted by Gasteiger charge is 2.10. The van der Waals surface area contributed by atoms with Gasteiger partial charge in [-0.05, 0) is 30.9 Å². The second-order valence-electron chi connectivity index (χ2n) is 4.24. The first-order valence-corrected chi connectivity index (χ1v) is 5.95. The van der Waals surface area contributed by atoms with Crippen LogP contribution in [0.3, 0.4) is 0 Å². The summed E-state index contributed by atoms with van der Waals surface area (Å²) in [5.41, 5.74) is 6.28. The molecule has 0 aliphatic rings. The Morgan fingerprint density at radius 1 is 1.50 bits per heavy atom. The largest absolute Gasteiger partial charge is 0.394 e. The summed E-state index contributed by atoms with van der Waals surface area (Å²) in [4.78, 5) is 7.88. The lowest BCUT2D eigenvalue weighted by Crippen LogP contribution is -2.20. The number of hydrogen-bond donors (Lipinski definition) is 2. The van der Waals surface area contributed by atoms with Crippen molar-refractivity contribution in [3.63, 3.8) is 0 Å². The molecule has 1 aromatic heterocycles. The number of nitrogens with one attached hydrogen (secondary N) is 1. The van der Waals surface area contributed by atoms with Crippen LogP contribution in [-0.2, 0) is 0 Å². The van der Waals surface area contributed by atoms with Crippen LogP contribution in [0.5, 0.6) is 0 Å². The molecule has 0 fully saturated rings. The summed E-state index contributed by atoms with van der Waals surface area (Å²) in [5, 5.41) is 3.47. The second kappa shape index (κ2) is 5.89. The van der Waals surface area contributed by atoms with Crippen molar-refractivity contribution in [3.8, 4) is 0 Å². The van der Waals surface area contributed by atoms with E-state index in [1.54, 1.807) is 0 Å². The van der Waals surface area contributed by atoms with Crippen LogP contribution in [-0.4, -0.2) is 16.0 Å². The van der Waals surface area contributed by atoms with Crippen molar-refractivity contribution in [1.29, 1.82) is 0 Å². The van der Waals surface area contributed by atoms with Gasteiger partial charge in [0.2, 0.25) is 5.28 Å². The molecule has 1 heterocycles. The predicted octanol–water partition coefficient (Wildman–Crippen LogP) is 2.95. The molecular weight excluding hydrogens is 224 g/mol. The highest BCUT2D eigenvalue weighted by atomic mass is 35.5. The van der Waals surface area contributed by atoms with E-state index in [9.17, 15) is 0 Å². The summed E-state index contributed by atoms with van der Waals surface area (Å²) in [6.45, 7) is 6.53. The average molecular weight is 243 g/mol. The van der Waals surface area contributed by atoms with Crippen molar-refractivity contribution in [2.75, 3.05) is 11.1 Å². The third-order valence-corrected chi connectivity index (χ3v) is 2.81. The molecule has 0 aliphatic carbocycles. The summed E-state index contributed by atoms with van der Waals surface area (Å²) < 4.78 is 0. The van der Waals surface area contributed by atoms with E-state index in [1.165, 1.54) is 12.6 Å². The molecule has 90 valence electrons. The van der Waals surface area contributed by atoms with Gasteiger partial charge >= 0.3 is 0 Å². The van der Waals surface area contributed by atoms with E-state index in [0.29, 0.717) is 23.5 Å². The van der Waals surface area contributed by atoms with Crippen molar-refractivity contribution in [3.05, 3.63) is 11.5 Å². The molecule has 0 radical (unpaired) electrons. The van der Waals surface area contributed by atoms with E-state index in [2.05, 4.69) is 36.1 Å². The minimum absolute atomic E-state index is 0.215. The molecule has 2 atom stereocenters. The van der Waals surface area contributed by atoms with Gasteiger partial charge in [-0.2, -0.15) is 4.98 Å². The van der Waals surface area contributed by atoms with Crippen molar-refractivity contribution >= 4 is 23.1 Å². The summed E-state index contributed by atoms with van der Waals surface area (Å²) in [5.74, 6) is 1.30. The van der Waals surface area contributed by atoms with Gasteiger partial charge in [-0.25, -0.2) is 4.98 Å². The van der Waals surface area contributed by atoms with Crippen LogP contribution in [0.15, 0.2) is 6.20 Å². The van der Waals surface area contributed by atoms with Gasteiger partial charge in [0.05, 0.1) is 11.9 Å². The molecule has 2 unspecified atom stereocenters. The van der Waals surface area contributed by atoms with E-state index in [1.807, 2.05) is 0 Å². The Labute approximate surface area is 102 Å². The molecular formula is C11H19ClN4. The van der Waals surface area contributed by atoms with Gasteiger partial charge in [0.15, 0.2) is 5.82 Å². The monoisotopic (exact) mass is 242 g/mol. The van der Waals surface area contributed by atoms with Gasteiger partial charge in [0, 0.05) is 6.04 Å². The van der Waals surface area contributed by atoms with Crippen LogP contribution in [0.25, 0.3) is 0 Å². The normalized spacial score (nSPS) is 14.5. The predicted molar refractivity (Wildman–Crippen MR) is 68.6 cm³/mol. The zero-order valence-corrected chi connectivity index (χ0v) is 10.8. The molecule has 0 saturated heterocycles. The fourth-order valence-corrected chi connectivity index (χ4v) is 1.68. The highest BCUT2D eigenvalue weighted by molar-refractivity contribution is 6.28. The Balaban J connectivity index is 2.61. The SMILES string of the molecule is CCC(C)CC(C)Nc1nc(Cl)ncc1N. The maximum atomic E-state index is 5.75. The molecule has 4 nitrogen and oxygen atoms in total. The third-order valence-electron chi connectivity index (χ3n) is 2.62. The number of aromatic nitrogens is 2. The Bertz CT molecular complexity index is 343. The number of nitrogens with two attached hydrogens (primary N) is 1. The molecule has 0 aliphatic heterocycles. The molecule has 0 spiro atoms. The lowest BCUT2D eigenvalue weighted by atomic mass is 10.0. The topological polar surface area (TPSA) is 63.8 Å². The molecule has 0 bridgehead atoms. The van der Waals surface area contributed by atoms with Crippen molar-refractivity contribution < 1.29 is 0 Å². The Hall–Kier alpha value is -1.03. The van der Waals surface area contributed by atoms with Crippen molar-refractivity contribution in [1.82, 2.24) is 9.97 Å². The molecule has 0 aromatic carbocycles. The number of nitrogens with zero attached hydrogens (tertiary/aromatic N) is 2. The number of rotatable bonds is 5. The standard InChI is InChI=1S/C11H19ClN4/c1-4-7(2)5-8(3)15-10-9(13)6-14-11(12)16-10/h6-8H,4-5,13H2,1-3H3,(H,14,15,16). The number of nitrogen functional groups attached to an aromatic ring is 1. The van der Waals surface area contributed by atoms with E-state index >= 15 is 0 Å². The summed E-state index contributed by atoms with van der Waals surface area (Å²) in [7, 11) is 0. The molecule has 3 N–H and O–H groups in total. The summed E-state index contributed by atoms with van der Waals surface area (Å²) in [6.07, 6.45) is 3.78. The maximum absolute atomic E-state index is 5.75. The summed E-state index contributed by atoms with van der Waals surface area (Å²) >= 11 is 5.72. The first-order chi connectivity index (χ1) is 7.52. The molecule has 0 amide bonds. The quantitative estimate of drug-likeness (QED) is 0.780. The van der Waals surface area contributed by atoms with Crippen molar-refractivity contribution in [2.24, 2.45) is 5.92 Å². The summed E-state index contributed by atoms with van der Waals surface area (Å²) in [6, 6.07) is 0.322. The number of halogens is 1. The van der Waals surface area contributed by atoms with Crippen LogP contribution in [0, 0.1) is 5.92 Å². The lowest BCUT2D eigenvalue weighted by molar-refractivity contribution is 0.483. The van der Waals surface area contributed by atoms with E-state index < -0.39 is 0 Å². The zero-order valence-electron chi connectivity index (χ0n) is 10.00. The minimum atomic E-state index is 0.215. The Morgan fingerprint density at radius 2 is 2.19 bits per heavy atom. The highest BCUT2D eigenvalue weighted by Crippen LogP contribution is 2.19. The second-order valence-corrected chi connectivity index (χ2v) is 4.58. The first-order valence-electron chi connectivity index (χ1n) is 5.57. The van der Waals surface area contributed by atoms with Crippen LogP contribution in [0.1, 0.15) is 33.6 Å². The fourth-order valence-electron chi connectivity index (χ4n) is 1.55. The average Bonchev–Trinajstić information content (AvgIpc) is 2.23.